The van der Waals surface area contributed by atoms with Crippen LogP contribution in [0.3, 0.4) is 0 Å². The number of nitroso groups, excluding NO2 is 1. The fraction of sp³-hybridized carbons (Fsp3) is 0.143. The Morgan fingerprint density at radius 3 is 2.38 bits per heavy atom. The molecule has 0 fully saturated rings. The van der Waals surface area contributed by atoms with Crippen molar-refractivity contribution >= 4 is 5.69 Å². The lowest BCUT2D eigenvalue weighted by Crippen LogP contribution is -1.90. The Labute approximate surface area is 73.7 Å². The van der Waals surface area contributed by atoms with Crippen LogP contribution in [0.25, 0.3) is 0 Å². The number of nitrogens with one attached hydrogen (secondary N) is 1. The second kappa shape index (κ2) is 4.81. The summed E-state index contributed by atoms with van der Waals surface area (Å²) in [6.45, 7) is 1.58. The van der Waals surface area contributed by atoms with Crippen molar-refractivity contribution in [2.45, 2.75) is 6.92 Å². The number of hydrogen-bond donors (Lipinski definition) is 2. The third-order valence-electron chi connectivity index (χ3n) is 1.38. The molecule has 2 N–H and O–H groups in total. The summed E-state index contributed by atoms with van der Waals surface area (Å²) < 4.78 is 0. The quantitative estimate of drug-likeness (QED) is 0.395. The van der Waals surface area contributed by atoms with Crippen LogP contribution in [0.5, 0.6) is 5.75 Å². The van der Waals surface area contributed by atoms with E-state index < -0.39 is 4.92 Å². The molecule has 0 aliphatic carbocycles. The Balaban J connectivity index is 0.000000671. The molecule has 0 aliphatic heterocycles. The van der Waals surface area contributed by atoms with Gasteiger partial charge < -0.3 is 5.11 Å². The number of benzene rings is 1. The van der Waals surface area contributed by atoms with Crippen LogP contribution in [0.4, 0.5) is 5.69 Å². The summed E-state index contributed by atoms with van der Waals surface area (Å²) in [7, 11) is 0. The summed E-state index contributed by atoms with van der Waals surface area (Å²) in [6.07, 6.45) is 0. The van der Waals surface area contributed by atoms with Crippen LogP contribution in [-0.2, 0) is 0 Å². The number of nitro groups is 1. The predicted octanol–water partition coefficient (Wildman–Crippen LogP) is 1.94. The third-order valence-corrected chi connectivity index (χ3v) is 1.38. The van der Waals surface area contributed by atoms with Crippen molar-refractivity contribution in [2.75, 3.05) is 0 Å². The SMILES string of the molecule is Cc1cc(O)ccc1[N+](=O)[O-].N=O. The molecule has 0 saturated carbocycles. The maximum absolute atomic E-state index is 10.3. The van der Waals surface area contributed by atoms with Crippen LogP contribution in [0.2, 0.25) is 0 Å². The van der Waals surface area contributed by atoms with Crippen molar-refractivity contribution in [1.82, 2.24) is 0 Å². The summed E-state index contributed by atoms with van der Waals surface area (Å²) in [5, 5.41) is 19.2. The normalized spacial score (nSPS) is 8.38. The molecule has 0 heterocycles. The van der Waals surface area contributed by atoms with Crippen molar-refractivity contribution in [3.05, 3.63) is 38.8 Å². The smallest absolute Gasteiger partial charge is 0.272 e. The van der Waals surface area contributed by atoms with Gasteiger partial charge in [0.2, 0.25) is 0 Å². The zero-order valence-electron chi connectivity index (χ0n) is 6.85. The maximum atomic E-state index is 10.3. The zero-order valence-corrected chi connectivity index (χ0v) is 6.85. The van der Waals surface area contributed by atoms with Crippen LogP contribution < -0.4 is 0 Å². The van der Waals surface area contributed by atoms with Gasteiger partial charge in [-0.1, -0.05) is 5.59 Å². The highest BCUT2D eigenvalue weighted by atomic mass is 16.6. The first kappa shape index (κ1) is 11.0. The molecule has 0 aliphatic rings. The van der Waals surface area contributed by atoms with E-state index >= 15 is 0 Å². The molecule has 0 bridgehead atoms. The van der Waals surface area contributed by atoms with Crippen LogP contribution in [0, 0.1) is 27.5 Å². The van der Waals surface area contributed by atoms with Crippen molar-refractivity contribution in [3.63, 3.8) is 0 Å². The lowest BCUT2D eigenvalue weighted by molar-refractivity contribution is -0.385. The molecule has 6 nitrogen and oxygen atoms in total. The molecule has 0 aromatic heterocycles. The lowest BCUT2D eigenvalue weighted by atomic mass is 10.2. The average molecular weight is 184 g/mol. The molecular formula is C7H8N2O4. The van der Waals surface area contributed by atoms with Gasteiger partial charge in [-0.3, -0.25) is 10.1 Å². The molecule has 13 heavy (non-hydrogen) atoms. The molecule has 0 amide bonds. The second-order valence-corrected chi connectivity index (χ2v) is 2.23. The van der Waals surface area contributed by atoms with E-state index in [1.807, 2.05) is 0 Å². The molecule has 1 rings (SSSR count). The highest BCUT2D eigenvalue weighted by molar-refractivity contribution is 5.43. The summed E-state index contributed by atoms with van der Waals surface area (Å²) in [4.78, 5) is 17.3. The van der Waals surface area contributed by atoms with Crippen LogP contribution in [-0.4, -0.2) is 10.0 Å². The van der Waals surface area contributed by atoms with Gasteiger partial charge in [-0.2, -0.15) is 4.91 Å². The molecule has 70 valence electrons. The Bertz CT molecular complexity index is 313. The third kappa shape index (κ3) is 2.86. The Kier molecular flexibility index (Phi) is 4.08. The topological polar surface area (TPSA) is 104 Å². The molecule has 1 aromatic carbocycles. The van der Waals surface area contributed by atoms with E-state index in [-0.39, 0.29) is 11.4 Å². The van der Waals surface area contributed by atoms with E-state index in [1.165, 1.54) is 18.2 Å². The number of nitro benzene ring substituents is 1. The fourth-order valence-electron chi connectivity index (χ4n) is 0.844. The summed E-state index contributed by atoms with van der Waals surface area (Å²) in [5.41, 5.74) is 5.00. The first-order valence-corrected chi connectivity index (χ1v) is 3.25. The molecule has 0 unspecified atom stereocenters. The Hall–Kier alpha value is -1.98. The minimum Gasteiger partial charge on any atom is -0.508 e. The first-order chi connectivity index (χ1) is 6.11. The number of aryl methyl sites for hydroxylation is 1. The highest BCUT2D eigenvalue weighted by Crippen LogP contribution is 2.21. The minimum atomic E-state index is -0.477. The fourth-order valence-corrected chi connectivity index (χ4v) is 0.844. The summed E-state index contributed by atoms with van der Waals surface area (Å²) in [6, 6.07) is 3.94. The van der Waals surface area contributed by atoms with E-state index in [9.17, 15) is 10.1 Å². The standard InChI is InChI=1S/C7H7NO3.HNO/c1-5-4-6(9)2-3-7(5)8(10)11;1-2/h2-4,9H,1H3;1H. The van der Waals surface area contributed by atoms with Gasteiger partial charge in [0.05, 0.1) is 4.92 Å². The Morgan fingerprint density at radius 1 is 1.46 bits per heavy atom. The zero-order chi connectivity index (χ0) is 10.4. The number of aromatic hydroxyl groups is 1. The minimum absolute atomic E-state index is 0.0304. The van der Waals surface area contributed by atoms with Gasteiger partial charge in [0.25, 0.3) is 5.69 Å². The first-order valence-electron chi connectivity index (χ1n) is 3.25. The monoisotopic (exact) mass is 184 g/mol. The summed E-state index contributed by atoms with van der Waals surface area (Å²) >= 11 is 0. The van der Waals surface area contributed by atoms with Gasteiger partial charge >= 0.3 is 0 Å². The average Bonchev–Trinajstić information content (AvgIpc) is 2.07. The molecule has 0 saturated heterocycles. The van der Waals surface area contributed by atoms with E-state index in [0.717, 1.165) is 0 Å². The van der Waals surface area contributed by atoms with Crippen molar-refractivity contribution in [1.29, 1.82) is 5.59 Å². The van der Waals surface area contributed by atoms with E-state index in [1.54, 1.807) is 6.92 Å². The summed E-state index contributed by atoms with van der Waals surface area (Å²) in [5.74, 6) is 0.0492. The van der Waals surface area contributed by atoms with Gasteiger partial charge in [-0.05, 0) is 19.1 Å². The number of rotatable bonds is 1. The van der Waals surface area contributed by atoms with Gasteiger partial charge in [-0.15, -0.1) is 0 Å². The number of phenolic OH excluding ortho intramolecular Hbond substituents is 1. The molecule has 0 spiro atoms. The molecule has 0 radical (unpaired) electrons. The Morgan fingerprint density at radius 2 is 2.00 bits per heavy atom. The van der Waals surface area contributed by atoms with Crippen molar-refractivity contribution in [3.8, 4) is 5.75 Å². The molecular weight excluding hydrogens is 176 g/mol. The lowest BCUT2D eigenvalue weighted by Gasteiger charge is -1.95. The van der Waals surface area contributed by atoms with E-state index in [0.29, 0.717) is 5.56 Å². The van der Waals surface area contributed by atoms with E-state index in [2.05, 4.69) is 5.59 Å². The van der Waals surface area contributed by atoms with Crippen molar-refractivity contribution < 1.29 is 10.0 Å². The van der Waals surface area contributed by atoms with Crippen LogP contribution in [0.15, 0.2) is 18.2 Å². The van der Waals surface area contributed by atoms with Gasteiger partial charge in [0.15, 0.2) is 0 Å². The maximum Gasteiger partial charge on any atom is 0.272 e. The molecule has 6 heteroatoms. The largest absolute Gasteiger partial charge is 0.508 e. The second-order valence-electron chi connectivity index (χ2n) is 2.23. The van der Waals surface area contributed by atoms with E-state index in [4.69, 9.17) is 10.0 Å². The highest BCUT2D eigenvalue weighted by Gasteiger charge is 2.08. The molecule has 0 atom stereocenters. The molecule has 1 aromatic rings. The number of hydrogen-bond acceptors (Lipinski definition) is 5. The number of phenols is 1. The van der Waals surface area contributed by atoms with Gasteiger partial charge in [0.1, 0.15) is 5.75 Å². The van der Waals surface area contributed by atoms with Crippen LogP contribution >= 0.6 is 0 Å². The van der Waals surface area contributed by atoms with Crippen molar-refractivity contribution in [2.24, 2.45) is 0 Å². The predicted molar refractivity (Wildman–Crippen MR) is 45.6 cm³/mol. The van der Waals surface area contributed by atoms with Crippen LogP contribution in [0.1, 0.15) is 5.56 Å². The van der Waals surface area contributed by atoms with Gasteiger partial charge in [-0.25, -0.2) is 0 Å². The number of nitrogens with zero attached hydrogens (tertiary/aromatic N) is 1. The van der Waals surface area contributed by atoms with Gasteiger partial charge in [0, 0.05) is 11.6 Å².